The largest absolute Gasteiger partial charge is 0.359 e. The van der Waals surface area contributed by atoms with Gasteiger partial charge in [-0.3, -0.25) is 0 Å². The van der Waals surface area contributed by atoms with E-state index >= 15 is 0 Å². The van der Waals surface area contributed by atoms with Gasteiger partial charge in [-0.1, -0.05) is 19.8 Å². The third kappa shape index (κ3) is 4.20. The van der Waals surface area contributed by atoms with Gasteiger partial charge >= 0.3 is 0 Å². The van der Waals surface area contributed by atoms with Crippen molar-refractivity contribution in [2.75, 3.05) is 25.0 Å². The van der Waals surface area contributed by atoms with Crippen molar-refractivity contribution in [2.45, 2.75) is 46.1 Å². The van der Waals surface area contributed by atoms with Crippen molar-refractivity contribution in [3.8, 4) is 0 Å². The van der Waals surface area contributed by atoms with E-state index in [2.05, 4.69) is 48.2 Å². The molecule has 2 rings (SSSR count). The van der Waals surface area contributed by atoms with E-state index in [-0.39, 0.29) is 0 Å². The van der Waals surface area contributed by atoms with Crippen molar-refractivity contribution in [3.63, 3.8) is 0 Å². The van der Waals surface area contributed by atoms with Gasteiger partial charge in [0.2, 0.25) is 0 Å². The highest BCUT2D eigenvalue weighted by Crippen LogP contribution is 2.26. The number of nitrogens with zero attached hydrogens (tertiary/aromatic N) is 2. The SMILES string of the molecule is CCNCc1cc(C)nc(N(C)CC2CCCC2)c1. The Morgan fingerprint density at radius 2 is 2.05 bits per heavy atom. The monoisotopic (exact) mass is 261 g/mol. The maximum atomic E-state index is 4.68. The molecule has 0 aromatic carbocycles. The quantitative estimate of drug-likeness (QED) is 0.853. The number of hydrogen-bond donors (Lipinski definition) is 1. The predicted octanol–water partition coefficient (Wildman–Crippen LogP) is 3.13. The van der Waals surface area contributed by atoms with Crippen LogP contribution in [-0.2, 0) is 6.54 Å². The molecule has 1 aromatic rings. The summed E-state index contributed by atoms with van der Waals surface area (Å²) in [5.41, 5.74) is 2.45. The van der Waals surface area contributed by atoms with Crippen LogP contribution in [0.4, 0.5) is 5.82 Å². The van der Waals surface area contributed by atoms with Crippen molar-refractivity contribution < 1.29 is 0 Å². The Balaban J connectivity index is 2.02. The van der Waals surface area contributed by atoms with E-state index in [1.807, 2.05) is 0 Å². The summed E-state index contributed by atoms with van der Waals surface area (Å²) in [6.45, 7) is 7.32. The van der Waals surface area contributed by atoms with Gasteiger partial charge in [0.15, 0.2) is 0 Å². The number of pyridine rings is 1. The van der Waals surface area contributed by atoms with Crippen LogP contribution in [0.25, 0.3) is 0 Å². The van der Waals surface area contributed by atoms with Crippen molar-refractivity contribution in [1.29, 1.82) is 0 Å². The molecule has 0 atom stereocenters. The van der Waals surface area contributed by atoms with E-state index in [1.54, 1.807) is 0 Å². The van der Waals surface area contributed by atoms with E-state index in [9.17, 15) is 0 Å². The second kappa shape index (κ2) is 6.90. The fourth-order valence-electron chi connectivity index (χ4n) is 2.96. The highest BCUT2D eigenvalue weighted by Gasteiger charge is 2.17. The average molecular weight is 261 g/mol. The minimum absolute atomic E-state index is 0.865. The van der Waals surface area contributed by atoms with Crippen LogP contribution in [0.15, 0.2) is 12.1 Å². The molecule has 0 aliphatic heterocycles. The van der Waals surface area contributed by atoms with Crippen molar-refractivity contribution in [2.24, 2.45) is 5.92 Å². The molecule has 0 spiro atoms. The Bertz CT molecular complexity index is 397. The summed E-state index contributed by atoms with van der Waals surface area (Å²) in [5.74, 6) is 1.99. The molecule has 0 saturated heterocycles. The molecule has 3 heteroatoms. The minimum atomic E-state index is 0.865. The molecular formula is C16H27N3. The summed E-state index contributed by atoms with van der Waals surface area (Å²) in [7, 11) is 2.18. The zero-order chi connectivity index (χ0) is 13.7. The number of aryl methyl sites for hydroxylation is 1. The summed E-state index contributed by atoms with van der Waals surface area (Å²) in [6, 6.07) is 4.40. The Labute approximate surface area is 117 Å². The third-order valence-corrected chi connectivity index (χ3v) is 3.98. The Morgan fingerprint density at radius 3 is 2.74 bits per heavy atom. The van der Waals surface area contributed by atoms with E-state index in [1.165, 1.54) is 31.2 Å². The van der Waals surface area contributed by atoms with Gasteiger partial charge in [0.1, 0.15) is 5.82 Å². The topological polar surface area (TPSA) is 28.2 Å². The van der Waals surface area contributed by atoms with Crippen molar-refractivity contribution in [3.05, 3.63) is 23.4 Å². The molecule has 0 unspecified atom stereocenters. The first-order valence-corrected chi connectivity index (χ1v) is 7.58. The minimum Gasteiger partial charge on any atom is -0.359 e. The molecular weight excluding hydrogens is 234 g/mol. The smallest absolute Gasteiger partial charge is 0.128 e. The van der Waals surface area contributed by atoms with Gasteiger partial charge < -0.3 is 10.2 Å². The molecule has 106 valence electrons. The lowest BCUT2D eigenvalue weighted by atomic mass is 10.1. The zero-order valence-corrected chi connectivity index (χ0v) is 12.6. The summed E-state index contributed by atoms with van der Waals surface area (Å²) < 4.78 is 0. The Morgan fingerprint density at radius 1 is 1.32 bits per heavy atom. The number of anilines is 1. The van der Waals surface area contributed by atoms with Gasteiger partial charge in [-0.2, -0.15) is 0 Å². The summed E-state index contributed by atoms with van der Waals surface area (Å²) in [6.07, 6.45) is 5.59. The number of aromatic nitrogens is 1. The number of rotatable bonds is 6. The van der Waals surface area contributed by atoms with Gasteiger partial charge in [-0.25, -0.2) is 4.98 Å². The van der Waals surface area contributed by atoms with E-state index < -0.39 is 0 Å². The highest BCUT2D eigenvalue weighted by atomic mass is 15.2. The first kappa shape index (κ1) is 14.3. The van der Waals surface area contributed by atoms with Crippen molar-refractivity contribution in [1.82, 2.24) is 10.3 Å². The summed E-state index contributed by atoms with van der Waals surface area (Å²) in [5, 5.41) is 3.38. The fraction of sp³-hybridized carbons (Fsp3) is 0.688. The number of hydrogen-bond acceptors (Lipinski definition) is 3. The van der Waals surface area contributed by atoms with Gasteiger partial charge in [-0.05, 0) is 49.9 Å². The molecule has 0 amide bonds. The predicted molar refractivity (Wildman–Crippen MR) is 81.6 cm³/mol. The van der Waals surface area contributed by atoms with Gasteiger partial charge in [-0.15, -0.1) is 0 Å². The lowest BCUT2D eigenvalue weighted by Gasteiger charge is -2.23. The molecule has 1 fully saturated rings. The van der Waals surface area contributed by atoms with Crippen LogP contribution >= 0.6 is 0 Å². The van der Waals surface area contributed by atoms with Crippen LogP contribution in [0, 0.1) is 12.8 Å². The van der Waals surface area contributed by atoms with Crippen LogP contribution < -0.4 is 10.2 Å². The second-order valence-electron chi connectivity index (χ2n) is 5.79. The molecule has 1 N–H and O–H groups in total. The summed E-state index contributed by atoms with van der Waals surface area (Å²) >= 11 is 0. The van der Waals surface area contributed by atoms with Crippen LogP contribution in [0.2, 0.25) is 0 Å². The van der Waals surface area contributed by atoms with Crippen LogP contribution in [0.5, 0.6) is 0 Å². The molecule has 0 radical (unpaired) electrons. The molecule has 0 bridgehead atoms. The maximum absolute atomic E-state index is 4.68. The standard InChI is InChI=1S/C16H27N3/c1-4-17-11-15-9-13(2)18-16(10-15)19(3)12-14-7-5-6-8-14/h9-10,14,17H,4-8,11-12H2,1-3H3. The zero-order valence-electron chi connectivity index (χ0n) is 12.6. The molecule has 3 nitrogen and oxygen atoms in total. The highest BCUT2D eigenvalue weighted by molar-refractivity contribution is 5.42. The lowest BCUT2D eigenvalue weighted by Crippen LogP contribution is -2.25. The molecule has 1 aromatic heterocycles. The lowest BCUT2D eigenvalue weighted by molar-refractivity contribution is 0.544. The molecule has 1 aliphatic rings. The molecule has 1 aliphatic carbocycles. The molecule has 1 heterocycles. The normalized spacial score (nSPS) is 15.9. The first-order valence-electron chi connectivity index (χ1n) is 7.58. The van der Waals surface area contributed by atoms with Gasteiger partial charge in [0.25, 0.3) is 0 Å². The third-order valence-electron chi connectivity index (χ3n) is 3.98. The van der Waals surface area contributed by atoms with Crippen LogP contribution in [-0.4, -0.2) is 25.1 Å². The van der Waals surface area contributed by atoms with Crippen LogP contribution in [0.3, 0.4) is 0 Å². The summed E-state index contributed by atoms with van der Waals surface area (Å²) in [4.78, 5) is 7.01. The van der Waals surface area contributed by atoms with Crippen molar-refractivity contribution >= 4 is 5.82 Å². The molecule has 19 heavy (non-hydrogen) atoms. The second-order valence-corrected chi connectivity index (χ2v) is 5.79. The van der Waals surface area contributed by atoms with Crippen LogP contribution in [0.1, 0.15) is 43.9 Å². The van der Waals surface area contributed by atoms with E-state index in [4.69, 9.17) is 0 Å². The fourth-order valence-corrected chi connectivity index (χ4v) is 2.96. The number of nitrogens with one attached hydrogen (secondary N) is 1. The first-order chi connectivity index (χ1) is 9.19. The Kier molecular flexibility index (Phi) is 5.20. The van der Waals surface area contributed by atoms with E-state index in [0.717, 1.165) is 37.1 Å². The van der Waals surface area contributed by atoms with Gasteiger partial charge in [0, 0.05) is 25.8 Å². The average Bonchev–Trinajstić information content (AvgIpc) is 2.88. The Hall–Kier alpha value is -1.09. The van der Waals surface area contributed by atoms with E-state index in [0.29, 0.717) is 0 Å². The maximum Gasteiger partial charge on any atom is 0.128 e. The van der Waals surface area contributed by atoms with Gasteiger partial charge in [0.05, 0.1) is 0 Å². The molecule has 1 saturated carbocycles.